The Bertz CT molecular complexity index is 722. The zero-order valence-electron chi connectivity index (χ0n) is 13.1. The lowest BCUT2D eigenvalue weighted by Crippen LogP contribution is -2.32. The van der Waals surface area contributed by atoms with E-state index in [1.807, 2.05) is 6.92 Å². The third-order valence-corrected chi connectivity index (χ3v) is 3.78. The Morgan fingerprint density at radius 3 is 2.61 bits per heavy atom. The Hall–Kier alpha value is -2.27. The smallest absolute Gasteiger partial charge is 0.246 e. The molecule has 1 unspecified atom stereocenters. The van der Waals surface area contributed by atoms with Crippen LogP contribution < -0.4 is 15.4 Å². The molecule has 0 bridgehead atoms. The molecular weight excluding hydrogens is 319 g/mol. The topological polar surface area (TPSA) is 50.4 Å². The van der Waals surface area contributed by atoms with E-state index in [0.29, 0.717) is 16.5 Å². The molecule has 0 aromatic heterocycles. The maximum atomic E-state index is 13.6. The van der Waals surface area contributed by atoms with Crippen LogP contribution in [0.5, 0.6) is 5.75 Å². The predicted molar refractivity (Wildman–Crippen MR) is 90.9 cm³/mol. The lowest BCUT2D eigenvalue weighted by atomic mass is 10.2. The SMILES string of the molecule is COc1cc(Cl)c(C)cc1NC(C)C(=O)Nc1ccccc1F. The second-order valence-corrected chi connectivity index (χ2v) is 5.54. The van der Waals surface area contributed by atoms with Gasteiger partial charge in [-0.2, -0.15) is 0 Å². The number of hydrogen-bond acceptors (Lipinski definition) is 3. The second kappa shape index (κ2) is 7.33. The molecule has 2 aromatic carbocycles. The Morgan fingerprint density at radius 2 is 1.96 bits per heavy atom. The van der Waals surface area contributed by atoms with Crippen molar-refractivity contribution in [3.8, 4) is 5.75 Å². The van der Waals surface area contributed by atoms with Crippen molar-refractivity contribution in [2.75, 3.05) is 17.7 Å². The van der Waals surface area contributed by atoms with Crippen molar-refractivity contribution in [2.45, 2.75) is 19.9 Å². The summed E-state index contributed by atoms with van der Waals surface area (Å²) in [6.45, 7) is 3.54. The first-order valence-corrected chi connectivity index (χ1v) is 7.46. The molecular formula is C17H18ClFN2O2. The maximum absolute atomic E-state index is 13.6. The van der Waals surface area contributed by atoms with Crippen molar-refractivity contribution in [3.63, 3.8) is 0 Å². The molecule has 0 saturated carbocycles. The number of nitrogens with one attached hydrogen (secondary N) is 2. The van der Waals surface area contributed by atoms with Gasteiger partial charge in [-0.1, -0.05) is 23.7 Å². The molecule has 1 amide bonds. The first-order valence-electron chi connectivity index (χ1n) is 7.08. The quantitative estimate of drug-likeness (QED) is 0.858. The number of methoxy groups -OCH3 is 1. The number of para-hydroxylation sites is 1. The molecule has 0 heterocycles. The monoisotopic (exact) mass is 336 g/mol. The van der Waals surface area contributed by atoms with Crippen molar-refractivity contribution in [3.05, 3.63) is 52.8 Å². The summed E-state index contributed by atoms with van der Waals surface area (Å²) in [6, 6.07) is 8.90. The van der Waals surface area contributed by atoms with Crippen LogP contribution in [-0.4, -0.2) is 19.1 Å². The van der Waals surface area contributed by atoms with Crippen LogP contribution in [0.1, 0.15) is 12.5 Å². The van der Waals surface area contributed by atoms with Gasteiger partial charge in [0, 0.05) is 11.1 Å². The summed E-state index contributed by atoms with van der Waals surface area (Å²) in [7, 11) is 1.52. The molecule has 0 aliphatic rings. The number of carbonyl (C=O) groups excluding carboxylic acids is 1. The number of anilines is 2. The zero-order valence-corrected chi connectivity index (χ0v) is 13.9. The number of benzene rings is 2. The second-order valence-electron chi connectivity index (χ2n) is 5.14. The van der Waals surface area contributed by atoms with E-state index >= 15 is 0 Å². The van der Waals surface area contributed by atoms with Gasteiger partial charge in [0.25, 0.3) is 0 Å². The number of amides is 1. The largest absolute Gasteiger partial charge is 0.495 e. The zero-order chi connectivity index (χ0) is 17.0. The van der Waals surface area contributed by atoms with Gasteiger partial charge in [0.2, 0.25) is 5.91 Å². The number of aryl methyl sites for hydroxylation is 1. The van der Waals surface area contributed by atoms with E-state index in [-0.39, 0.29) is 11.6 Å². The molecule has 2 rings (SSSR count). The van der Waals surface area contributed by atoms with Crippen LogP contribution in [0.2, 0.25) is 5.02 Å². The molecule has 1 atom stereocenters. The molecule has 122 valence electrons. The molecule has 4 nitrogen and oxygen atoms in total. The highest BCUT2D eigenvalue weighted by Gasteiger charge is 2.17. The normalized spacial score (nSPS) is 11.7. The van der Waals surface area contributed by atoms with Crippen LogP contribution in [-0.2, 0) is 4.79 Å². The van der Waals surface area contributed by atoms with Crippen molar-refractivity contribution < 1.29 is 13.9 Å². The van der Waals surface area contributed by atoms with E-state index < -0.39 is 11.9 Å². The van der Waals surface area contributed by atoms with Crippen molar-refractivity contribution in [2.24, 2.45) is 0 Å². The van der Waals surface area contributed by atoms with E-state index in [0.717, 1.165) is 5.56 Å². The average molecular weight is 337 g/mol. The summed E-state index contributed by atoms with van der Waals surface area (Å²) in [4.78, 5) is 12.2. The Kier molecular flexibility index (Phi) is 5.45. The molecule has 0 fully saturated rings. The fourth-order valence-corrected chi connectivity index (χ4v) is 2.20. The van der Waals surface area contributed by atoms with Gasteiger partial charge in [0.15, 0.2) is 0 Å². The number of halogens is 2. The van der Waals surface area contributed by atoms with Crippen LogP contribution in [0, 0.1) is 12.7 Å². The van der Waals surface area contributed by atoms with Crippen LogP contribution in [0.25, 0.3) is 0 Å². The van der Waals surface area contributed by atoms with Gasteiger partial charge in [0.05, 0.1) is 18.5 Å². The van der Waals surface area contributed by atoms with E-state index in [4.69, 9.17) is 16.3 Å². The van der Waals surface area contributed by atoms with Gasteiger partial charge < -0.3 is 15.4 Å². The van der Waals surface area contributed by atoms with Crippen molar-refractivity contribution in [1.29, 1.82) is 0 Å². The summed E-state index contributed by atoms with van der Waals surface area (Å²) in [5, 5.41) is 6.18. The molecule has 0 radical (unpaired) electrons. The predicted octanol–water partition coefficient (Wildman–Crippen LogP) is 4.24. The molecule has 2 aromatic rings. The minimum Gasteiger partial charge on any atom is -0.495 e. The molecule has 6 heteroatoms. The van der Waals surface area contributed by atoms with Gasteiger partial charge in [-0.15, -0.1) is 0 Å². The van der Waals surface area contributed by atoms with Gasteiger partial charge in [0.1, 0.15) is 17.6 Å². The maximum Gasteiger partial charge on any atom is 0.246 e. The summed E-state index contributed by atoms with van der Waals surface area (Å²) in [6.07, 6.45) is 0. The number of rotatable bonds is 5. The Balaban J connectivity index is 2.12. The Labute approximate surface area is 139 Å². The van der Waals surface area contributed by atoms with Gasteiger partial charge >= 0.3 is 0 Å². The van der Waals surface area contributed by atoms with Gasteiger partial charge in [-0.25, -0.2) is 4.39 Å². The molecule has 0 aliphatic carbocycles. The van der Waals surface area contributed by atoms with Crippen molar-refractivity contribution >= 4 is 28.9 Å². The van der Waals surface area contributed by atoms with E-state index in [1.54, 1.807) is 31.2 Å². The molecule has 2 N–H and O–H groups in total. The highest BCUT2D eigenvalue weighted by molar-refractivity contribution is 6.31. The standard InChI is InChI=1S/C17H18ClFN2O2/c1-10-8-15(16(23-3)9-12(10)18)20-11(2)17(22)21-14-7-5-4-6-13(14)19/h4-9,11,20H,1-3H3,(H,21,22). The molecule has 23 heavy (non-hydrogen) atoms. The molecule has 0 spiro atoms. The van der Waals surface area contributed by atoms with Crippen LogP contribution in [0.15, 0.2) is 36.4 Å². The van der Waals surface area contributed by atoms with Gasteiger partial charge in [-0.3, -0.25) is 4.79 Å². The summed E-state index contributed by atoms with van der Waals surface area (Å²) in [5.41, 5.74) is 1.65. The fraction of sp³-hybridized carbons (Fsp3) is 0.235. The third-order valence-electron chi connectivity index (χ3n) is 3.38. The van der Waals surface area contributed by atoms with Crippen molar-refractivity contribution in [1.82, 2.24) is 0 Å². The third kappa shape index (κ3) is 4.13. The minimum absolute atomic E-state index is 0.144. The van der Waals surface area contributed by atoms with E-state index in [9.17, 15) is 9.18 Å². The number of carbonyl (C=O) groups is 1. The Morgan fingerprint density at radius 1 is 1.26 bits per heavy atom. The highest BCUT2D eigenvalue weighted by Crippen LogP contribution is 2.31. The minimum atomic E-state index is -0.593. The summed E-state index contributed by atoms with van der Waals surface area (Å²) < 4.78 is 18.8. The number of ether oxygens (including phenoxy) is 1. The van der Waals surface area contributed by atoms with Gasteiger partial charge in [-0.05, 0) is 37.6 Å². The van der Waals surface area contributed by atoms with Crippen LogP contribution in [0.3, 0.4) is 0 Å². The molecule has 0 aliphatic heterocycles. The summed E-state index contributed by atoms with van der Waals surface area (Å²) in [5.74, 6) is -0.302. The number of hydrogen-bond donors (Lipinski definition) is 2. The fourth-order valence-electron chi connectivity index (χ4n) is 2.05. The summed E-state index contributed by atoms with van der Waals surface area (Å²) >= 11 is 6.06. The first kappa shape index (κ1) is 17.1. The highest BCUT2D eigenvalue weighted by atomic mass is 35.5. The average Bonchev–Trinajstić information content (AvgIpc) is 2.52. The molecule has 0 saturated heterocycles. The van der Waals surface area contributed by atoms with Crippen LogP contribution >= 0.6 is 11.6 Å². The lowest BCUT2D eigenvalue weighted by molar-refractivity contribution is -0.116. The lowest BCUT2D eigenvalue weighted by Gasteiger charge is -2.18. The van der Waals surface area contributed by atoms with Crippen LogP contribution in [0.4, 0.5) is 15.8 Å². The van der Waals surface area contributed by atoms with E-state index in [1.165, 1.54) is 19.2 Å². The van der Waals surface area contributed by atoms with E-state index in [2.05, 4.69) is 10.6 Å². The first-order chi connectivity index (χ1) is 10.9.